The molecule has 2 aromatic rings. The second kappa shape index (κ2) is 4.47. The highest BCUT2D eigenvalue weighted by Gasteiger charge is 2.05. The molecule has 0 saturated heterocycles. The Labute approximate surface area is 101 Å². The van der Waals surface area contributed by atoms with Crippen molar-refractivity contribution in [1.82, 2.24) is 4.98 Å². The van der Waals surface area contributed by atoms with Gasteiger partial charge in [-0.1, -0.05) is 18.7 Å². The van der Waals surface area contributed by atoms with E-state index < -0.39 is 0 Å². The van der Waals surface area contributed by atoms with Crippen LogP contribution in [0.4, 0.5) is 0 Å². The first-order chi connectivity index (χ1) is 8.11. The predicted octanol–water partition coefficient (Wildman–Crippen LogP) is 0.390. The minimum absolute atomic E-state index is 0.0217. The van der Waals surface area contributed by atoms with E-state index in [1.54, 1.807) is 24.3 Å². The van der Waals surface area contributed by atoms with Crippen LogP contribution in [0.3, 0.4) is 0 Å². The zero-order chi connectivity index (χ0) is 12.4. The predicted molar refractivity (Wildman–Crippen MR) is 67.9 cm³/mol. The molecule has 0 aliphatic carbocycles. The molecule has 2 rings (SSSR count). The van der Waals surface area contributed by atoms with Crippen LogP contribution in [-0.4, -0.2) is 17.2 Å². The fourth-order valence-corrected chi connectivity index (χ4v) is 2.19. The summed E-state index contributed by atoms with van der Waals surface area (Å²) in [5.74, 6) is 0.398. The van der Waals surface area contributed by atoms with Gasteiger partial charge in [0.25, 0.3) is 5.56 Å². The van der Waals surface area contributed by atoms with Gasteiger partial charge in [-0.2, -0.15) is 0 Å². The van der Waals surface area contributed by atoms with E-state index in [2.05, 4.69) is 11.6 Å². The lowest BCUT2D eigenvalue weighted by Crippen LogP contribution is -2.19. The Morgan fingerprint density at radius 1 is 1.53 bits per heavy atom. The number of methoxy groups -OCH3 is 1. The number of H-pyrrole nitrogens is 1. The maximum atomic E-state index is 11.5. The van der Waals surface area contributed by atoms with E-state index in [4.69, 9.17) is 4.74 Å². The van der Waals surface area contributed by atoms with Crippen molar-refractivity contribution in [3.8, 4) is 11.5 Å². The summed E-state index contributed by atoms with van der Waals surface area (Å²) in [5, 5.41) is 9.87. The number of hydrogen-bond acceptors (Lipinski definition) is 4. The third-order valence-electron chi connectivity index (χ3n) is 2.25. The molecule has 88 valence electrons. The summed E-state index contributed by atoms with van der Waals surface area (Å²) < 4.78 is 6.08. The summed E-state index contributed by atoms with van der Waals surface area (Å²) in [6, 6.07) is 5.11. The molecule has 4 nitrogen and oxygen atoms in total. The van der Waals surface area contributed by atoms with Crippen molar-refractivity contribution in [2.45, 2.75) is 0 Å². The van der Waals surface area contributed by atoms with Crippen molar-refractivity contribution in [2.75, 3.05) is 7.11 Å². The number of aromatic nitrogens is 1. The molecule has 0 bridgehead atoms. The number of ether oxygens (including phenoxy) is 1. The minimum Gasteiger partial charge on any atom is -0.504 e. The molecule has 0 fully saturated rings. The molecule has 1 heterocycles. The van der Waals surface area contributed by atoms with Gasteiger partial charge < -0.3 is 14.8 Å². The van der Waals surface area contributed by atoms with Crippen LogP contribution < -0.4 is 19.5 Å². The Morgan fingerprint density at radius 2 is 2.29 bits per heavy atom. The molecule has 0 atom stereocenters. The minimum atomic E-state index is -0.206. The van der Waals surface area contributed by atoms with Gasteiger partial charge in [-0.25, -0.2) is 0 Å². The van der Waals surface area contributed by atoms with Crippen molar-refractivity contribution in [3.05, 3.63) is 43.3 Å². The van der Waals surface area contributed by atoms with Crippen molar-refractivity contribution < 1.29 is 9.84 Å². The van der Waals surface area contributed by atoms with Crippen molar-refractivity contribution in [1.29, 1.82) is 0 Å². The lowest BCUT2D eigenvalue weighted by atomic mass is 10.2. The Kier molecular flexibility index (Phi) is 3.01. The van der Waals surface area contributed by atoms with Crippen molar-refractivity contribution >= 4 is 24.0 Å². The smallest absolute Gasteiger partial charge is 0.266 e. The third-order valence-corrected chi connectivity index (χ3v) is 3.12. The number of benzene rings is 1. The number of aromatic hydroxyl groups is 1. The van der Waals surface area contributed by atoms with Gasteiger partial charge >= 0.3 is 0 Å². The molecule has 5 heteroatoms. The van der Waals surface area contributed by atoms with Gasteiger partial charge in [-0.05, 0) is 12.1 Å². The van der Waals surface area contributed by atoms with E-state index in [-0.39, 0.29) is 11.3 Å². The Bertz CT molecular complexity index is 699. The lowest BCUT2D eigenvalue weighted by molar-refractivity contribution is 0.373. The van der Waals surface area contributed by atoms with Gasteiger partial charge in [-0.15, -0.1) is 11.3 Å². The van der Waals surface area contributed by atoms with Gasteiger partial charge in [0.1, 0.15) is 0 Å². The number of aromatic amines is 1. The SMILES string of the molecule is C=c1[nH]c(=O)/c(=C/c2cccc(OC)c2O)s1. The fourth-order valence-electron chi connectivity index (χ4n) is 1.45. The zero-order valence-electron chi connectivity index (χ0n) is 9.19. The van der Waals surface area contributed by atoms with Crippen LogP contribution >= 0.6 is 11.3 Å². The highest BCUT2D eigenvalue weighted by atomic mass is 32.1. The molecule has 0 amide bonds. The Morgan fingerprint density at radius 3 is 2.88 bits per heavy atom. The summed E-state index contributed by atoms with van der Waals surface area (Å²) in [7, 11) is 1.48. The first-order valence-corrected chi connectivity index (χ1v) is 5.69. The molecule has 0 aliphatic rings. The highest BCUT2D eigenvalue weighted by Crippen LogP contribution is 2.29. The van der Waals surface area contributed by atoms with E-state index in [0.717, 1.165) is 0 Å². The summed E-state index contributed by atoms with van der Waals surface area (Å²) >= 11 is 1.24. The molecule has 0 unspecified atom stereocenters. The molecule has 2 N–H and O–H groups in total. The van der Waals surface area contributed by atoms with Gasteiger partial charge in [-0.3, -0.25) is 4.79 Å². The average Bonchev–Trinajstić information content (AvgIpc) is 2.60. The first kappa shape index (κ1) is 11.5. The summed E-state index contributed by atoms with van der Waals surface area (Å²) in [4.78, 5) is 14.1. The Hall–Kier alpha value is -2.01. The van der Waals surface area contributed by atoms with Gasteiger partial charge in [0.05, 0.1) is 16.3 Å². The van der Waals surface area contributed by atoms with Crippen LogP contribution in [0.5, 0.6) is 11.5 Å². The number of para-hydroxylation sites is 1. The summed E-state index contributed by atoms with van der Waals surface area (Å²) in [5.41, 5.74) is 0.332. The molecule has 0 aliphatic heterocycles. The molecular weight excluding hydrogens is 238 g/mol. The van der Waals surface area contributed by atoms with E-state index in [0.29, 0.717) is 20.5 Å². The maximum absolute atomic E-state index is 11.5. The van der Waals surface area contributed by atoms with Crippen LogP contribution in [0.1, 0.15) is 5.56 Å². The number of thiazole rings is 1. The fraction of sp³-hybridized carbons (Fsp3) is 0.0833. The largest absolute Gasteiger partial charge is 0.504 e. The monoisotopic (exact) mass is 249 g/mol. The van der Waals surface area contributed by atoms with Gasteiger partial charge in [0.2, 0.25) is 0 Å². The molecule has 1 aromatic carbocycles. The lowest BCUT2D eigenvalue weighted by Gasteiger charge is -2.04. The van der Waals surface area contributed by atoms with Gasteiger partial charge in [0, 0.05) is 5.56 Å². The number of hydrogen-bond donors (Lipinski definition) is 2. The Balaban J connectivity index is 2.64. The normalized spacial score (nSPS) is 11.7. The van der Waals surface area contributed by atoms with Crippen molar-refractivity contribution in [3.63, 3.8) is 0 Å². The van der Waals surface area contributed by atoms with Crippen LogP contribution in [0.2, 0.25) is 0 Å². The van der Waals surface area contributed by atoms with Crippen LogP contribution in [0.25, 0.3) is 12.7 Å². The molecule has 1 aromatic heterocycles. The van der Waals surface area contributed by atoms with E-state index in [1.165, 1.54) is 18.4 Å². The highest BCUT2D eigenvalue weighted by molar-refractivity contribution is 7.07. The quantitative estimate of drug-likeness (QED) is 0.809. The molecular formula is C12H11NO3S. The number of phenolic OH excluding ortho intramolecular Hbond substituents is 1. The molecule has 17 heavy (non-hydrogen) atoms. The number of rotatable bonds is 2. The second-order valence-electron chi connectivity index (χ2n) is 3.39. The topological polar surface area (TPSA) is 62.3 Å². The first-order valence-electron chi connectivity index (χ1n) is 4.87. The van der Waals surface area contributed by atoms with Crippen LogP contribution in [0.15, 0.2) is 23.0 Å². The van der Waals surface area contributed by atoms with E-state index in [9.17, 15) is 9.90 Å². The van der Waals surface area contributed by atoms with Crippen LogP contribution in [-0.2, 0) is 0 Å². The second-order valence-corrected chi connectivity index (χ2v) is 4.52. The zero-order valence-corrected chi connectivity index (χ0v) is 10.0. The van der Waals surface area contributed by atoms with E-state index in [1.807, 2.05) is 0 Å². The van der Waals surface area contributed by atoms with Crippen molar-refractivity contribution in [2.24, 2.45) is 0 Å². The average molecular weight is 249 g/mol. The number of nitrogens with one attached hydrogen (secondary N) is 1. The molecule has 0 saturated carbocycles. The third kappa shape index (κ3) is 2.24. The summed E-state index contributed by atoms with van der Waals surface area (Å²) in [6.07, 6.45) is 1.61. The molecule has 0 radical (unpaired) electrons. The maximum Gasteiger partial charge on any atom is 0.266 e. The standard InChI is InChI=1S/C12H11NO3S/c1-7-13-12(15)10(17-7)6-8-4-3-5-9(16-2)11(8)14/h3-6,14H,1H2,2H3,(H,13,15)/b10-6-. The van der Waals surface area contributed by atoms with Crippen LogP contribution in [0, 0.1) is 0 Å². The molecule has 0 spiro atoms. The number of phenols is 1. The summed E-state index contributed by atoms with van der Waals surface area (Å²) in [6.45, 7) is 3.66. The van der Waals surface area contributed by atoms with Gasteiger partial charge in [0.15, 0.2) is 11.5 Å². The van der Waals surface area contributed by atoms with E-state index >= 15 is 0 Å².